The van der Waals surface area contributed by atoms with Gasteiger partial charge in [0.2, 0.25) is 5.91 Å². The van der Waals surface area contributed by atoms with Gasteiger partial charge in [-0.05, 0) is 139 Å². The zero-order chi connectivity index (χ0) is 35.0. The number of rotatable bonds is 9. The van der Waals surface area contributed by atoms with E-state index in [1.54, 1.807) is 12.1 Å². The van der Waals surface area contributed by atoms with E-state index in [0.717, 1.165) is 29.5 Å². The van der Waals surface area contributed by atoms with E-state index in [-0.39, 0.29) is 23.3 Å². The van der Waals surface area contributed by atoms with Gasteiger partial charge < -0.3 is 21.5 Å². The largest absolute Gasteiger partial charge is 0.397 e. The number of aliphatic hydroxyl groups is 1. The second-order valence-corrected chi connectivity index (χ2v) is 16.9. The summed E-state index contributed by atoms with van der Waals surface area (Å²) in [7, 11) is 0. The summed E-state index contributed by atoms with van der Waals surface area (Å²) in [6.45, 7) is 7.91. The highest BCUT2D eigenvalue weighted by Gasteiger charge is 2.62. The minimum absolute atomic E-state index is 0.0791. The molecule has 0 aromatic heterocycles. The number of carbonyl (C=O) groups is 2. The van der Waals surface area contributed by atoms with Crippen LogP contribution in [0.2, 0.25) is 0 Å². The molecule has 3 unspecified atom stereocenters. The van der Waals surface area contributed by atoms with E-state index in [1.165, 1.54) is 51.4 Å². The first-order chi connectivity index (χ1) is 24.1. The van der Waals surface area contributed by atoms with Crippen LogP contribution in [-0.4, -0.2) is 23.0 Å². The van der Waals surface area contributed by atoms with Gasteiger partial charge in [0.05, 0.1) is 17.5 Å². The van der Waals surface area contributed by atoms with E-state index < -0.39 is 0 Å². The standard InChI is InChI=1S/C44H57N3O3/c1-28(34-18-19-35-41-36(22-24-44(34,35)3)43(2)23-8-7-11-33(43)26-39(41)48)12-21-40(49)46-27-29-13-15-31(16-14-29)42(50)47-38-20-17-32(25-37(38)45)30-9-5-4-6-10-30/h4-6,9-10,13-17,20,25,28,33-36,39,41,48H,7-8,11-12,18-19,21-24,26-27,45H2,1-3H3,(H,46,49)(H,47,50)/t28-,33+,34?,35?,36?,39+,41+,43+,44-/m1/s1. The molecule has 4 saturated carbocycles. The summed E-state index contributed by atoms with van der Waals surface area (Å²) < 4.78 is 0. The molecule has 3 aromatic carbocycles. The molecule has 9 atom stereocenters. The average molecular weight is 676 g/mol. The van der Waals surface area contributed by atoms with E-state index >= 15 is 0 Å². The molecular weight excluding hydrogens is 619 g/mol. The second kappa shape index (κ2) is 14.2. The molecule has 0 bridgehead atoms. The molecule has 7 rings (SSSR count). The van der Waals surface area contributed by atoms with Crippen molar-refractivity contribution in [3.63, 3.8) is 0 Å². The molecule has 6 nitrogen and oxygen atoms in total. The Morgan fingerprint density at radius 1 is 0.880 bits per heavy atom. The number of carbonyl (C=O) groups excluding carboxylic acids is 2. The second-order valence-electron chi connectivity index (χ2n) is 16.9. The maximum absolute atomic E-state index is 13.0. The monoisotopic (exact) mass is 675 g/mol. The van der Waals surface area contributed by atoms with Gasteiger partial charge in [-0.15, -0.1) is 0 Å². The van der Waals surface area contributed by atoms with Crippen molar-refractivity contribution in [3.05, 3.63) is 83.9 Å². The van der Waals surface area contributed by atoms with Gasteiger partial charge in [-0.2, -0.15) is 0 Å². The average Bonchev–Trinajstić information content (AvgIpc) is 3.48. The van der Waals surface area contributed by atoms with Crippen molar-refractivity contribution < 1.29 is 14.7 Å². The predicted octanol–water partition coefficient (Wildman–Crippen LogP) is 9.24. The minimum Gasteiger partial charge on any atom is -0.397 e. The fourth-order valence-electron chi connectivity index (χ4n) is 11.5. The third-order valence-electron chi connectivity index (χ3n) is 14.3. The van der Waals surface area contributed by atoms with Crippen molar-refractivity contribution in [2.45, 2.75) is 104 Å². The third kappa shape index (κ3) is 6.61. The van der Waals surface area contributed by atoms with Gasteiger partial charge in [-0.3, -0.25) is 9.59 Å². The predicted molar refractivity (Wildman–Crippen MR) is 202 cm³/mol. The van der Waals surface area contributed by atoms with Crippen molar-refractivity contribution in [2.75, 3.05) is 11.1 Å². The lowest BCUT2D eigenvalue weighted by Gasteiger charge is -2.62. The van der Waals surface area contributed by atoms with Gasteiger partial charge in [-0.25, -0.2) is 0 Å². The zero-order valence-corrected chi connectivity index (χ0v) is 30.3. The van der Waals surface area contributed by atoms with Crippen LogP contribution < -0.4 is 16.4 Å². The fourth-order valence-corrected chi connectivity index (χ4v) is 11.5. The van der Waals surface area contributed by atoms with Crippen LogP contribution in [0.25, 0.3) is 11.1 Å². The molecule has 0 spiro atoms. The number of hydrogen-bond donors (Lipinski definition) is 4. The van der Waals surface area contributed by atoms with Crippen LogP contribution in [0.1, 0.15) is 107 Å². The third-order valence-corrected chi connectivity index (χ3v) is 14.3. The van der Waals surface area contributed by atoms with Crippen LogP contribution in [0.15, 0.2) is 72.8 Å². The molecule has 266 valence electrons. The summed E-state index contributed by atoms with van der Waals surface area (Å²) in [4.78, 5) is 26.0. The Hall–Kier alpha value is -3.64. The van der Waals surface area contributed by atoms with E-state index in [0.29, 0.717) is 70.8 Å². The van der Waals surface area contributed by atoms with E-state index in [4.69, 9.17) is 5.73 Å². The molecule has 5 N–H and O–H groups in total. The quantitative estimate of drug-likeness (QED) is 0.170. The number of hydrogen-bond acceptors (Lipinski definition) is 4. The summed E-state index contributed by atoms with van der Waals surface area (Å²) in [5, 5.41) is 17.6. The van der Waals surface area contributed by atoms with Crippen molar-refractivity contribution >= 4 is 23.2 Å². The van der Waals surface area contributed by atoms with E-state index in [2.05, 4.69) is 31.4 Å². The Morgan fingerprint density at radius 3 is 2.40 bits per heavy atom. The first-order valence-corrected chi connectivity index (χ1v) is 19.4. The van der Waals surface area contributed by atoms with Gasteiger partial charge in [0.1, 0.15) is 0 Å². The highest BCUT2D eigenvalue weighted by atomic mass is 16.3. The molecule has 2 amide bonds. The summed E-state index contributed by atoms with van der Waals surface area (Å²) in [5.74, 6) is 3.39. The van der Waals surface area contributed by atoms with Gasteiger partial charge in [0, 0.05) is 18.5 Å². The van der Waals surface area contributed by atoms with E-state index in [9.17, 15) is 14.7 Å². The number of fused-ring (bicyclic) bond motifs is 5. The Morgan fingerprint density at radius 2 is 1.64 bits per heavy atom. The summed E-state index contributed by atoms with van der Waals surface area (Å²) >= 11 is 0. The van der Waals surface area contributed by atoms with Crippen LogP contribution >= 0.6 is 0 Å². The molecule has 0 saturated heterocycles. The maximum Gasteiger partial charge on any atom is 0.255 e. The molecule has 6 heteroatoms. The van der Waals surface area contributed by atoms with Crippen LogP contribution in [0.4, 0.5) is 11.4 Å². The van der Waals surface area contributed by atoms with E-state index in [1.807, 2.05) is 60.7 Å². The van der Waals surface area contributed by atoms with Crippen molar-refractivity contribution in [2.24, 2.45) is 46.3 Å². The molecule has 0 aliphatic heterocycles. The highest BCUT2D eigenvalue weighted by Crippen LogP contribution is 2.68. The summed E-state index contributed by atoms with van der Waals surface area (Å²) in [6, 6.07) is 23.0. The Labute approximate surface area is 299 Å². The number of anilines is 2. The van der Waals surface area contributed by atoms with Crippen LogP contribution in [0.5, 0.6) is 0 Å². The van der Waals surface area contributed by atoms with Crippen molar-refractivity contribution in [1.82, 2.24) is 5.32 Å². The number of benzene rings is 3. The zero-order valence-electron chi connectivity index (χ0n) is 30.3. The molecule has 0 radical (unpaired) electrons. The lowest BCUT2D eigenvalue weighted by atomic mass is 9.44. The van der Waals surface area contributed by atoms with Gasteiger partial charge in [0.15, 0.2) is 0 Å². The molecule has 4 aliphatic carbocycles. The topological polar surface area (TPSA) is 104 Å². The smallest absolute Gasteiger partial charge is 0.255 e. The number of amides is 2. The minimum atomic E-state index is -0.226. The summed E-state index contributed by atoms with van der Waals surface area (Å²) in [6.07, 6.45) is 12.7. The Kier molecular flexibility index (Phi) is 9.86. The SMILES string of the molecule is C[C@H](CCC(=O)NCc1ccc(C(=O)Nc2ccc(-c3ccccc3)cc2N)cc1)C1CCC2[C@H]3C(CC[C@@]21C)[C@@]1(C)CCCC[C@H]1C[C@@H]3O. The molecule has 4 aliphatic rings. The fraction of sp³-hybridized carbons (Fsp3) is 0.545. The highest BCUT2D eigenvalue weighted by molar-refractivity contribution is 6.06. The van der Waals surface area contributed by atoms with Crippen LogP contribution in [0.3, 0.4) is 0 Å². The number of nitrogens with one attached hydrogen (secondary N) is 2. The maximum atomic E-state index is 13.0. The Bertz CT molecular complexity index is 1670. The first-order valence-electron chi connectivity index (χ1n) is 19.4. The molecule has 0 heterocycles. The lowest BCUT2D eigenvalue weighted by Crippen LogP contribution is -2.57. The van der Waals surface area contributed by atoms with Gasteiger partial charge >= 0.3 is 0 Å². The lowest BCUT2D eigenvalue weighted by molar-refractivity contribution is -0.164. The Balaban J connectivity index is 0.885. The van der Waals surface area contributed by atoms with Crippen molar-refractivity contribution in [3.8, 4) is 11.1 Å². The number of aliphatic hydroxyl groups excluding tert-OH is 1. The van der Waals surface area contributed by atoms with Crippen molar-refractivity contribution in [1.29, 1.82) is 0 Å². The van der Waals surface area contributed by atoms with Crippen LogP contribution in [-0.2, 0) is 11.3 Å². The first kappa shape index (κ1) is 34.8. The molecular formula is C44H57N3O3. The summed E-state index contributed by atoms with van der Waals surface area (Å²) in [5.41, 5.74) is 11.6. The molecule has 3 aromatic rings. The number of nitrogen functional groups attached to an aromatic ring is 1. The number of nitrogens with two attached hydrogens (primary N) is 1. The molecule has 4 fully saturated rings. The normalized spacial score (nSPS) is 32.2. The van der Waals surface area contributed by atoms with Crippen LogP contribution in [0, 0.1) is 46.3 Å². The van der Waals surface area contributed by atoms with Gasteiger partial charge in [0.25, 0.3) is 5.91 Å². The van der Waals surface area contributed by atoms with Gasteiger partial charge in [-0.1, -0.05) is 82.1 Å². The molecule has 50 heavy (non-hydrogen) atoms.